The lowest BCUT2D eigenvalue weighted by atomic mass is 10.1. The first kappa shape index (κ1) is 19.6. The molecular formula is C21H21NO3S2. The highest BCUT2D eigenvalue weighted by Gasteiger charge is 2.08. The van der Waals surface area contributed by atoms with E-state index in [9.17, 15) is 13.2 Å². The Bertz CT molecular complexity index is 1040. The summed E-state index contributed by atoms with van der Waals surface area (Å²) in [6.45, 7) is 0.351. The third kappa shape index (κ3) is 5.92. The zero-order chi connectivity index (χ0) is 19.3. The predicted molar refractivity (Wildman–Crippen MR) is 112 cm³/mol. The van der Waals surface area contributed by atoms with Gasteiger partial charge in [-0.15, -0.1) is 11.8 Å². The first-order valence-electron chi connectivity index (χ1n) is 8.59. The van der Waals surface area contributed by atoms with Crippen LogP contribution in [0.15, 0.2) is 71.6 Å². The fourth-order valence-electron chi connectivity index (χ4n) is 2.73. The van der Waals surface area contributed by atoms with Crippen LogP contribution < -0.4 is 4.72 Å². The Balaban J connectivity index is 1.55. The number of ketones is 1. The lowest BCUT2D eigenvalue weighted by Crippen LogP contribution is -2.24. The van der Waals surface area contributed by atoms with E-state index in [1.807, 2.05) is 30.3 Å². The number of rotatable bonds is 8. The summed E-state index contributed by atoms with van der Waals surface area (Å²) >= 11 is 1.53. The number of fused-ring (bicyclic) bond motifs is 1. The van der Waals surface area contributed by atoms with E-state index in [1.165, 1.54) is 22.5 Å². The van der Waals surface area contributed by atoms with Gasteiger partial charge >= 0.3 is 0 Å². The summed E-state index contributed by atoms with van der Waals surface area (Å²) in [6, 6.07) is 21.7. The highest BCUT2D eigenvalue weighted by Crippen LogP contribution is 2.24. The van der Waals surface area contributed by atoms with E-state index in [-0.39, 0.29) is 5.78 Å². The molecule has 0 aliphatic heterocycles. The van der Waals surface area contributed by atoms with Gasteiger partial charge in [0.25, 0.3) is 0 Å². The molecule has 0 atom stereocenters. The molecule has 0 unspecified atom stereocenters. The number of thioether (sulfide) groups is 1. The Hall–Kier alpha value is -2.15. The lowest BCUT2D eigenvalue weighted by Gasteiger charge is -2.06. The Kier molecular flexibility index (Phi) is 6.31. The maximum Gasteiger partial charge on any atom is 0.208 e. The standard InChI is InChI=1S/C21H21NO3S2/c1-27(24,25)22-13-12-16-6-8-18(9-7-16)21(23)15-26-20-11-10-17-4-2-3-5-19(17)14-20/h2-11,14,22H,12-13,15H2,1H3. The highest BCUT2D eigenvalue weighted by atomic mass is 32.2. The fourth-order valence-corrected chi connectivity index (χ4v) is 4.04. The summed E-state index contributed by atoms with van der Waals surface area (Å²) in [7, 11) is -3.17. The Morgan fingerprint density at radius 2 is 1.67 bits per heavy atom. The number of hydrogen-bond donors (Lipinski definition) is 1. The van der Waals surface area contributed by atoms with E-state index < -0.39 is 10.0 Å². The topological polar surface area (TPSA) is 63.2 Å². The van der Waals surface area contributed by atoms with Crippen molar-refractivity contribution in [1.29, 1.82) is 0 Å². The van der Waals surface area contributed by atoms with Gasteiger partial charge < -0.3 is 0 Å². The number of carbonyl (C=O) groups is 1. The number of carbonyl (C=O) groups excluding carboxylic acids is 1. The summed E-state index contributed by atoms with van der Waals surface area (Å²) < 4.78 is 24.6. The second kappa shape index (κ2) is 8.69. The Morgan fingerprint density at radius 3 is 2.37 bits per heavy atom. The number of hydrogen-bond acceptors (Lipinski definition) is 4. The minimum absolute atomic E-state index is 0.0777. The van der Waals surface area contributed by atoms with Gasteiger partial charge in [0.1, 0.15) is 0 Å². The van der Waals surface area contributed by atoms with Gasteiger partial charge in [-0.1, -0.05) is 54.6 Å². The van der Waals surface area contributed by atoms with Crippen molar-refractivity contribution in [1.82, 2.24) is 4.72 Å². The molecule has 0 heterocycles. The van der Waals surface area contributed by atoms with Gasteiger partial charge in [0.05, 0.1) is 12.0 Å². The van der Waals surface area contributed by atoms with E-state index in [1.54, 1.807) is 12.1 Å². The summed E-state index contributed by atoms with van der Waals surface area (Å²) in [4.78, 5) is 13.5. The molecule has 0 radical (unpaired) electrons. The molecular weight excluding hydrogens is 378 g/mol. The zero-order valence-corrected chi connectivity index (χ0v) is 16.6. The molecule has 1 N–H and O–H groups in total. The summed E-state index contributed by atoms with van der Waals surface area (Å²) in [5, 5.41) is 2.36. The highest BCUT2D eigenvalue weighted by molar-refractivity contribution is 8.00. The van der Waals surface area contributed by atoms with Gasteiger partial charge in [0, 0.05) is 17.0 Å². The quantitative estimate of drug-likeness (QED) is 0.461. The summed E-state index contributed by atoms with van der Waals surface area (Å²) in [6.07, 6.45) is 1.73. The first-order valence-corrected chi connectivity index (χ1v) is 11.5. The summed E-state index contributed by atoms with van der Waals surface area (Å²) in [5.41, 5.74) is 1.66. The van der Waals surface area contributed by atoms with E-state index in [0.717, 1.165) is 16.7 Å². The normalized spacial score (nSPS) is 11.6. The molecule has 0 aliphatic carbocycles. The van der Waals surface area contributed by atoms with Crippen LogP contribution in [-0.2, 0) is 16.4 Å². The number of nitrogens with one attached hydrogen (secondary N) is 1. The second-order valence-electron chi connectivity index (χ2n) is 6.33. The second-order valence-corrected chi connectivity index (χ2v) is 9.22. The van der Waals surface area contributed by atoms with Crippen molar-refractivity contribution in [3.63, 3.8) is 0 Å². The molecule has 0 fully saturated rings. The van der Waals surface area contributed by atoms with Gasteiger partial charge in [-0.05, 0) is 34.9 Å². The molecule has 3 aromatic carbocycles. The maximum atomic E-state index is 12.4. The first-order chi connectivity index (χ1) is 12.9. The molecule has 6 heteroatoms. The van der Waals surface area contributed by atoms with Crippen molar-refractivity contribution in [3.8, 4) is 0 Å². The number of sulfonamides is 1. The van der Waals surface area contributed by atoms with Crippen LogP contribution in [0.4, 0.5) is 0 Å². The molecule has 0 aromatic heterocycles. The molecule has 0 aliphatic rings. The molecule has 0 saturated heterocycles. The van der Waals surface area contributed by atoms with Gasteiger partial charge in [-0.25, -0.2) is 13.1 Å². The molecule has 140 valence electrons. The van der Waals surface area contributed by atoms with E-state index >= 15 is 0 Å². The molecule has 4 nitrogen and oxygen atoms in total. The molecule has 0 saturated carbocycles. The minimum Gasteiger partial charge on any atom is -0.293 e. The van der Waals surface area contributed by atoms with Crippen molar-refractivity contribution in [3.05, 3.63) is 77.9 Å². The van der Waals surface area contributed by atoms with Crippen LogP contribution in [0.25, 0.3) is 10.8 Å². The van der Waals surface area contributed by atoms with Crippen molar-refractivity contribution in [2.75, 3.05) is 18.6 Å². The van der Waals surface area contributed by atoms with Crippen LogP contribution in [0, 0.1) is 0 Å². The lowest BCUT2D eigenvalue weighted by molar-refractivity contribution is 0.102. The van der Waals surface area contributed by atoms with Crippen LogP contribution in [0.2, 0.25) is 0 Å². The van der Waals surface area contributed by atoms with Crippen molar-refractivity contribution in [2.45, 2.75) is 11.3 Å². The molecule has 3 aromatic rings. The minimum atomic E-state index is -3.17. The average molecular weight is 400 g/mol. The van der Waals surface area contributed by atoms with Crippen molar-refractivity contribution < 1.29 is 13.2 Å². The molecule has 0 bridgehead atoms. The fraction of sp³-hybridized carbons (Fsp3) is 0.190. The molecule has 3 rings (SSSR count). The van der Waals surface area contributed by atoms with Crippen LogP contribution >= 0.6 is 11.8 Å². The Labute approximate surface area is 164 Å². The van der Waals surface area contributed by atoms with Gasteiger partial charge in [-0.3, -0.25) is 4.79 Å². The third-order valence-corrected chi connectivity index (χ3v) is 5.87. The van der Waals surface area contributed by atoms with Gasteiger partial charge in [0.2, 0.25) is 10.0 Å². The van der Waals surface area contributed by atoms with Crippen LogP contribution in [-0.4, -0.2) is 32.8 Å². The number of Topliss-reactive ketones (excluding diaryl/α,β-unsaturated/α-hetero) is 1. The van der Waals surface area contributed by atoms with Gasteiger partial charge in [0.15, 0.2) is 5.78 Å². The molecule has 27 heavy (non-hydrogen) atoms. The third-order valence-electron chi connectivity index (χ3n) is 4.14. The van der Waals surface area contributed by atoms with Crippen LogP contribution in [0.5, 0.6) is 0 Å². The maximum absolute atomic E-state index is 12.4. The monoisotopic (exact) mass is 399 g/mol. The van der Waals surface area contributed by atoms with E-state index in [2.05, 4.69) is 29.0 Å². The van der Waals surface area contributed by atoms with Crippen LogP contribution in [0.3, 0.4) is 0 Å². The zero-order valence-electron chi connectivity index (χ0n) is 15.0. The predicted octanol–water partition coefficient (Wildman–Crippen LogP) is 3.91. The largest absolute Gasteiger partial charge is 0.293 e. The van der Waals surface area contributed by atoms with E-state index in [4.69, 9.17) is 0 Å². The molecule has 0 spiro atoms. The molecule has 0 amide bonds. The smallest absolute Gasteiger partial charge is 0.208 e. The van der Waals surface area contributed by atoms with E-state index in [0.29, 0.717) is 24.3 Å². The Morgan fingerprint density at radius 1 is 0.963 bits per heavy atom. The summed E-state index contributed by atoms with van der Waals surface area (Å²) in [5.74, 6) is 0.460. The van der Waals surface area contributed by atoms with Crippen molar-refractivity contribution in [2.24, 2.45) is 0 Å². The van der Waals surface area contributed by atoms with Crippen LogP contribution in [0.1, 0.15) is 15.9 Å². The van der Waals surface area contributed by atoms with Gasteiger partial charge in [-0.2, -0.15) is 0 Å². The number of benzene rings is 3. The van der Waals surface area contributed by atoms with Crippen molar-refractivity contribution >= 4 is 38.3 Å². The SMILES string of the molecule is CS(=O)(=O)NCCc1ccc(C(=O)CSc2ccc3ccccc3c2)cc1. The average Bonchev–Trinajstić information content (AvgIpc) is 2.65.